The second-order valence-electron chi connectivity index (χ2n) is 4.60. The van der Waals surface area contributed by atoms with Crippen molar-refractivity contribution >= 4 is 23.4 Å². The number of amides is 1. The molecule has 5 heteroatoms. The molecule has 0 radical (unpaired) electrons. The lowest BCUT2D eigenvalue weighted by Gasteiger charge is -2.40. The molecule has 0 aromatic carbocycles. The van der Waals surface area contributed by atoms with Crippen molar-refractivity contribution in [2.24, 2.45) is 0 Å². The zero-order valence-corrected chi connectivity index (χ0v) is 11.6. The number of hydrogen-bond donors (Lipinski definition) is 2. The molecule has 0 atom stereocenters. The molecule has 0 spiro atoms. The number of anilines is 1. The number of rotatable bonds is 5. The Morgan fingerprint density at radius 1 is 1.56 bits per heavy atom. The SMILES string of the molecule is CNC(=O)c1cc(NCC2(SC)CCC2)ccn1. The van der Waals surface area contributed by atoms with Crippen LogP contribution < -0.4 is 10.6 Å². The van der Waals surface area contributed by atoms with Gasteiger partial charge in [0.15, 0.2) is 0 Å². The molecule has 1 aliphatic carbocycles. The highest BCUT2D eigenvalue weighted by Crippen LogP contribution is 2.42. The van der Waals surface area contributed by atoms with E-state index >= 15 is 0 Å². The van der Waals surface area contributed by atoms with E-state index in [9.17, 15) is 4.79 Å². The fraction of sp³-hybridized carbons (Fsp3) is 0.538. The maximum atomic E-state index is 11.5. The fourth-order valence-electron chi connectivity index (χ4n) is 2.08. The number of nitrogens with zero attached hydrogens (tertiary/aromatic N) is 1. The first kappa shape index (κ1) is 13.2. The number of carbonyl (C=O) groups excluding carboxylic acids is 1. The van der Waals surface area contributed by atoms with Gasteiger partial charge in [0.1, 0.15) is 5.69 Å². The molecule has 2 N–H and O–H groups in total. The van der Waals surface area contributed by atoms with E-state index < -0.39 is 0 Å². The summed E-state index contributed by atoms with van der Waals surface area (Å²) in [5, 5.41) is 6.00. The van der Waals surface area contributed by atoms with E-state index in [2.05, 4.69) is 21.9 Å². The number of hydrogen-bond acceptors (Lipinski definition) is 4. The van der Waals surface area contributed by atoms with Crippen molar-refractivity contribution in [3.8, 4) is 0 Å². The second-order valence-corrected chi connectivity index (χ2v) is 5.88. The average Bonchev–Trinajstić information content (AvgIpc) is 2.37. The second kappa shape index (κ2) is 5.61. The standard InChI is InChI=1S/C13H19N3OS/c1-14-12(17)11-8-10(4-7-15-11)16-9-13(18-2)5-3-6-13/h4,7-8H,3,5-6,9H2,1-2H3,(H,14,17)(H,15,16). The lowest BCUT2D eigenvalue weighted by Crippen LogP contribution is -2.40. The lowest BCUT2D eigenvalue weighted by molar-refractivity contribution is 0.0958. The molecule has 0 unspecified atom stereocenters. The van der Waals surface area contributed by atoms with Gasteiger partial charge in [-0.2, -0.15) is 11.8 Å². The predicted molar refractivity (Wildman–Crippen MR) is 76.2 cm³/mol. The molecule has 1 heterocycles. The Bertz CT molecular complexity index is 426. The van der Waals surface area contributed by atoms with E-state index in [0.29, 0.717) is 10.4 Å². The van der Waals surface area contributed by atoms with Gasteiger partial charge in [0, 0.05) is 30.2 Å². The van der Waals surface area contributed by atoms with Crippen molar-refractivity contribution in [2.75, 3.05) is 25.2 Å². The Morgan fingerprint density at radius 2 is 2.33 bits per heavy atom. The quantitative estimate of drug-likeness (QED) is 0.856. The molecule has 1 amide bonds. The summed E-state index contributed by atoms with van der Waals surface area (Å²) in [5.74, 6) is -0.151. The lowest BCUT2D eigenvalue weighted by atomic mass is 9.84. The summed E-state index contributed by atoms with van der Waals surface area (Å²) in [6.45, 7) is 0.950. The maximum Gasteiger partial charge on any atom is 0.269 e. The molecule has 1 fully saturated rings. The number of carbonyl (C=O) groups is 1. The largest absolute Gasteiger partial charge is 0.384 e. The minimum atomic E-state index is -0.151. The van der Waals surface area contributed by atoms with Crippen LogP contribution in [0.3, 0.4) is 0 Å². The summed E-state index contributed by atoms with van der Waals surface area (Å²) in [6.07, 6.45) is 7.70. The van der Waals surface area contributed by atoms with Crippen LogP contribution in [0.4, 0.5) is 5.69 Å². The first-order valence-electron chi connectivity index (χ1n) is 6.16. The molecule has 98 valence electrons. The van der Waals surface area contributed by atoms with Crippen molar-refractivity contribution in [3.05, 3.63) is 24.0 Å². The minimum absolute atomic E-state index is 0.151. The first-order chi connectivity index (χ1) is 8.69. The molecule has 1 saturated carbocycles. The molecule has 0 bridgehead atoms. The van der Waals surface area contributed by atoms with Gasteiger partial charge in [-0.25, -0.2) is 0 Å². The summed E-state index contributed by atoms with van der Waals surface area (Å²) < 4.78 is 0.385. The van der Waals surface area contributed by atoms with Crippen LogP contribution in [0.15, 0.2) is 18.3 Å². The van der Waals surface area contributed by atoms with Crippen LogP contribution >= 0.6 is 11.8 Å². The number of nitrogens with one attached hydrogen (secondary N) is 2. The van der Waals surface area contributed by atoms with Crippen molar-refractivity contribution in [1.29, 1.82) is 0 Å². The highest BCUT2D eigenvalue weighted by atomic mass is 32.2. The average molecular weight is 265 g/mol. The summed E-state index contributed by atoms with van der Waals surface area (Å²) in [6, 6.07) is 3.70. The van der Waals surface area contributed by atoms with Gasteiger partial charge < -0.3 is 10.6 Å². The van der Waals surface area contributed by atoms with Crippen molar-refractivity contribution in [2.45, 2.75) is 24.0 Å². The normalized spacial score (nSPS) is 16.8. The van der Waals surface area contributed by atoms with Gasteiger partial charge in [-0.3, -0.25) is 9.78 Å². The summed E-state index contributed by atoms with van der Waals surface area (Å²) >= 11 is 1.94. The van der Waals surface area contributed by atoms with Crippen LogP contribution in [0.2, 0.25) is 0 Å². The van der Waals surface area contributed by atoms with E-state index in [4.69, 9.17) is 0 Å². The van der Waals surface area contributed by atoms with Crippen LogP contribution in [0.25, 0.3) is 0 Å². The molecular weight excluding hydrogens is 246 g/mol. The van der Waals surface area contributed by atoms with E-state index in [0.717, 1.165) is 12.2 Å². The minimum Gasteiger partial charge on any atom is -0.384 e. The van der Waals surface area contributed by atoms with Gasteiger partial charge >= 0.3 is 0 Å². The first-order valence-corrected chi connectivity index (χ1v) is 7.39. The Hall–Kier alpha value is -1.23. The smallest absolute Gasteiger partial charge is 0.269 e. The fourth-order valence-corrected chi connectivity index (χ4v) is 2.99. The monoisotopic (exact) mass is 265 g/mol. The van der Waals surface area contributed by atoms with Crippen LogP contribution in [-0.2, 0) is 0 Å². The van der Waals surface area contributed by atoms with Crippen molar-refractivity contribution in [1.82, 2.24) is 10.3 Å². The Labute approximate surface area is 112 Å². The molecule has 0 saturated heterocycles. The predicted octanol–water partition coefficient (Wildman–Crippen LogP) is 2.14. The summed E-state index contributed by atoms with van der Waals surface area (Å²) in [7, 11) is 1.61. The zero-order valence-electron chi connectivity index (χ0n) is 10.8. The van der Waals surface area contributed by atoms with E-state index in [-0.39, 0.29) is 5.91 Å². The van der Waals surface area contributed by atoms with Gasteiger partial charge in [0.2, 0.25) is 0 Å². The van der Waals surface area contributed by atoms with Gasteiger partial charge in [-0.15, -0.1) is 0 Å². The summed E-state index contributed by atoms with van der Waals surface area (Å²) in [4.78, 5) is 15.5. The molecule has 1 aromatic rings. The van der Waals surface area contributed by atoms with Gasteiger partial charge in [0.05, 0.1) is 0 Å². The van der Waals surface area contributed by atoms with Crippen LogP contribution in [0, 0.1) is 0 Å². The Balaban J connectivity index is 1.99. The van der Waals surface area contributed by atoms with Gasteiger partial charge in [-0.05, 0) is 31.2 Å². The van der Waals surface area contributed by atoms with E-state index in [1.165, 1.54) is 19.3 Å². The van der Waals surface area contributed by atoms with Crippen LogP contribution in [0.1, 0.15) is 29.8 Å². The van der Waals surface area contributed by atoms with Crippen molar-refractivity contribution < 1.29 is 4.79 Å². The summed E-state index contributed by atoms with van der Waals surface area (Å²) in [5.41, 5.74) is 1.42. The molecule has 0 aliphatic heterocycles. The third kappa shape index (κ3) is 2.77. The highest BCUT2D eigenvalue weighted by Gasteiger charge is 2.35. The molecule has 1 aromatic heterocycles. The van der Waals surface area contributed by atoms with Gasteiger partial charge in [-0.1, -0.05) is 6.42 Å². The Morgan fingerprint density at radius 3 is 2.89 bits per heavy atom. The van der Waals surface area contributed by atoms with Crippen LogP contribution in [0.5, 0.6) is 0 Å². The zero-order chi connectivity index (χ0) is 13.0. The highest BCUT2D eigenvalue weighted by molar-refractivity contribution is 8.00. The third-order valence-electron chi connectivity index (χ3n) is 3.53. The molecular formula is C13H19N3OS. The molecule has 4 nitrogen and oxygen atoms in total. The maximum absolute atomic E-state index is 11.5. The van der Waals surface area contributed by atoms with Crippen LogP contribution in [-0.4, -0.2) is 35.5 Å². The Kier molecular flexibility index (Phi) is 4.11. The van der Waals surface area contributed by atoms with Crippen molar-refractivity contribution in [3.63, 3.8) is 0 Å². The van der Waals surface area contributed by atoms with E-state index in [1.807, 2.05) is 17.8 Å². The third-order valence-corrected chi connectivity index (χ3v) is 4.95. The molecule has 1 aliphatic rings. The number of thioether (sulfide) groups is 1. The topological polar surface area (TPSA) is 54.0 Å². The van der Waals surface area contributed by atoms with E-state index in [1.54, 1.807) is 19.3 Å². The number of pyridine rings is 1. The molecule has 18 heavy (non-hydrogen) atoms. The van der Waals surface area contributed by atoms with Gasteiger partial charge in [0.25, 0.3) is 5.91 Å². The number of aromatic nitrogens is 1. The molecule has 2 rings (SSSR count).